The number of carbonyl (C=O) groups is 1. The van der Waals surface area contributed by atoms with E-state index in [0.29, 0.717) is 30.1 Å². The van der Waals surface area contributed by atoms with Gasteiger partial charge in [-0.3, -0.25) is 14.7 Å². The summed E-state index contributed by atoms with van der Waals surface area (Å²) in [5.41, 5.74) is 14.5. The van der Waals surface area contributed by atoms with Crippen molar-refractivity contribution < 1.29 is 9.53 Å². The lowest BCUT2D eigenvalue weighted by atomic mass is 9.86. The van der Waals surface area contributed by atoms with E-state index in [1.165, 1.54) is 40.7 Å². The number of hydrogen-bond donors (Lipinski definition) is 2. The van der Waals surface area contributed by atoms with Crippen LogP contribution >= 0.6 is 0 Å². The van der Waals surface area contributed by atoms with E-state index in [1.807, 2.05) is 38.2 Å². The molecule has 280 valence electrons. The Morgan fingerprint density at radius 1 is 1.06 bits per heavy atom. The first-order chi connectivity index (χ1) is 25.7. The fourth-order valence-corrected chi connectivity index (χ4v) is 8.69. The first-order valence-electron chi connectivity index (χ1n) is 19.6. The maximum atomic E-state index is 13.5. The van der Waals surface area contributed by atoms with Crippen molar-refractivity contribution in [3.63, 3.8) is 0 Å². The molecule has 3 saturated heterocycles. The minimum absolute atomic E-state index is 0.0933. The predicted octanol–water partition coefficient (Wildman–Crippen LogP) is 6.72. The standard InChI is InChI=1S/C43H56N8O2/c1-5-37-41(34-12-15-39(46-25-34)53-30(2)3)36-24-35(13-14-38(36)48-37)51-23-19-43(28-51)18-22-49(27-43)26-40(52)50-20-16-32(17-21-50)7-6-31-8-10-33(11-9-31)42(44)47-29-45-4/h8-15,24-25,29-30,32,48H,5-7,16-23,26-28H2,1-4H3,(H2,44,45,47). The summed E-state index contributed by atoms with van der Waals surface area (Å²) in [6, 6.07) is 19.3. The number of aryl methyl sites for hydroxylation is 2. The third-order valence-corrected chi connectivity index (χ3v) is 11.6. The maximum absolute atomic E-state index is 13.5. The number of hydrogen-bond acceptors (Lipinski definition) is 6. The zero-order chi connectivity index (χ0) is 37.0. The largest absolute Gasteiger partial charge is 0.475 e. The summed E-state index contributed by atoms with van der Waals surface area (Å²) in [6.45, 7) is 12.6. The highest BCUT2D eigenvalue weighted by Gasteiger charge is 2.44. The number of ether oxygens (including phenoxy) is 1. The number of aromatic nitrogens is 2. The molecule has 5 heterocycles. The number of rotatable bonds is 12. The number of nitrogens with one attached hydrogen (secondary N) is 1. The van der Waals surface area contributed by atoms with Crippen LogP contribution in [0.25, 0.3) is 22.0 Å². The SMILES string of the molecule is CCc1[nH]c2ccc(N3CCC4(CCN(CC(=O)N5CCC(CCc6ccc(C(N)=NC=NC)cc6)CC5)C4)C3)cc2c1-c1ccc(OC(C)C)nc1. The number of nitrogens with two attached hydrogens (primary N) is 1. The van der Waals surface area contributed by atoms with Gasteiger partial charge in [0.25, 0.3) is 0 Å². The first kappa shape index (κ1) is 36.6. The molecular formula is C43H56N8O2. The maximum Gasteiger partial charge on any atom is 0.236 e. The van der Waals surface area contributed by atoms with Gasteiger partial charge in [0.05, 0.1) is 12.6 Å². The Morgan fingerprint density at radius 2 is 1.85 bits per heavy atom. The molecule has 0 radical (unpaired) electrons. The molecule has 3 aliphatic rings. The highest BCUT2D eigenvalue weighted by Crippen LogP contribution is 2.43. The van der Waals surface area contributed by atoms with Crippen LogP contribution in [-0.2, 0) is 17.6 Å². The van der Waals surface area contributed by atoms with Crippen molar-refractivity contribution in [3.05, 3.63) is 77.6 Å². The molecule has 2 aromatic heterocycles. The minimum atomic E-state index is 0.0933. The fourth-order valence-electron chi connectivity index (χ4n) is 8.69. The number of piperidine rings is 1. The second-order valence-corrected chi connectivity index (χ2v) is 15.7. The molecule has 4 aromatic rings. The number of aromatic amines is 1. The first-order valence-corrected chi connectivity index (χ1v) is 19.6. The van der Waals surface area contributed by atoms with Crippen LogP contribution < -0.4 is 15.4 Å². The lowest BCUT2D eigenvalue weighted by Crippen LogP contribution is -2.44. The monoisotopic (exact) mass is 716 g/mol. The molecule has 0 saturated carbocycles. The van der Waals surface area contributed by atoms with Gasteiger partial charge in [-0.25, -0.2) is 9.98 Å². The lowest BCUT2D eigenvalue weighted by molar-refractivity contribution is -0.133. The number of carbonyl (C=O) groups excluding carboxylic acids is 1. The van der Waals surface area contributed by atoms with Gasteiger partial charge in [-0.1, -0.05) is 31.2 Å². The van der Waals surface area contributed by atoms with Gasteiger partial charge < -0.3 is 25.3 Å². The molecule has 0 bridgehead atoms. The van der Waals surface area contributed by atoms with E-state index in [9.17, 15) is 4.79 Å². The van der Waals surface area contributed by atoms with Crippen molar-refractivity contribution in [1.82, 2.24) is 19.8 Å². The Hall–Kier alpha value is -4.70. The van der Waals surface area contributed by atoms with Crippen LogP contribution in [0.2, 0.25) is 0 Å². The summed E-state index contributed by atoms with van der Waals surface area (Å²) in [6.07, 6.45) is 11.1. The molecule has 10 heteroatoms. The molecule has 3 aliphatic heterocycles. The Kier molecular flexibility index (Phi) is 11.1. The number of pyridine rings is 1. The van der Waals surface area contributed by atoms with Crippen LogP contribution in [0.4, 0.5) is 5.69 Å². The highest BCUT2D eigenvalue weighted by atomic mass is 16.5. The molecule has 1 spiro atoms. The van der Waals surface area contributed by atoms with Gasteiger partial charge in [-0.2, -0.15) is 0 Å². The van der Waals surface area contributed by atoms with Crippen LogP contribution in [0, 0.1) is 11.3 Å². The van der Waals surface area contributed by atoms with E-state index in [2.05, 4.69) is 78.0 Å². The fraction of sp³-hybridized carbons (Fsp3) is 0.488. The number of likely N-dealkylation sites (tertiary alicyclic amines) is 2. The molecule has 10 nitrogen and oxygen atoms in total. The quantitative estimate of drug-likeness (QED) is 0.124. The number of nitrogens with zero attached hydrogens (tertiary/aromatic N) is 6. The molecule has 3 N–H and O–H groups in total. The molecule has 2 aromatic carbocycles. The molecule has 1 atom stereocenters. The second kappa shape index (κ2) is 16.1. The van der Waals surface area contributed by atoms with Gasteiger partial charge in [0.1, 0.15) is 12.2 Å². The zero-order valence-electron chi connectivity index (χ0n) is 32.0. The number of fused-ring (bicyclic) bond motifs is 1. The average Bonchev–Trinajstić information content (AvgIpc) is 3.89. The lowest BCUT2D eigenvalue weighted by Gasteiger charge is -2.33. The van der Waals surface area contributed by atoms with Crippen LogP contribution in [0.15, 0.2) is 70.8 Å². The van der Waals surface area contributed by atoms with Gasteiger partial charge in [0.2, 0.25) is 11.8 Å². The van der Waals surface area contributed by atoms with Gasteiger partial charge in [-0.05, 0) is 101 Å². The molecule has 1 amide bonds. The number of aliphatic imine (C=N–C) groups is 2. The summed E-state index contributed by atoms with van der Waals surface area (Å²) in [4.78, 5) is 36.9. The molecule has 7 rings (SSSR count). The normalized spacial score (nSPS) is 20.2. The number of amides is 1. The molecule has 1 unspecified atom stereocenters. The number of amidine groups is 1. The Morgan fingerprint density at radius 3 is 2.57 bits per heavy atom. The Balaban J connectivity index is 0.902. The molecule has 0 aliphatic carbocycles. The molecule has 3 fully saturated rings. The molecule has 53 heavy (non-hydrogen) atoms. The van der Waals surface area contributed by atoms with Gasteiger partial charge in [0.15, 0.2) is 0 Å². The topological polar surface area (TPSA) is 115 Å². The van der Waals surface area contributed by atoms with E-state index in [-0.39, 0.29) is 11.5 Å². The van der Waals surface area contributed by atoms with Crippen molar-refractivity contribution in [2.24, 2.45) is 27.1 Å². The third kappa shape index (κ3) is 8.43. The number of H-pyrrole nitrogens is 1. The van der Waals surface area contributed by atoms with E-state index in [0.717, 1.165) is 94.4 Å². The van der Waals surface area contributed by atoms with E-state index < -0.39 is 0 Å². The summed E-state index contributed by atoms with van der Waals surface area (Å²) < 4.78 is 5.80. The van der Waals surface area contributed by atoms with Crippen molar-refractivity contribution in [2.45, 2.75) is 71.8 Å². The van der Waals surface area contributed by atoms with Gasteiger partial charge in [-0.15, -0.1) is 0 Å². The van der Waals surface area contributed by atoms with E-state index in [4.69, 9.17) is 10.5 Å². The number of benzene rings is 2. The van der Waals surface area contributed by atoms with Crippen molar-refractivity contribution in [2.75, 3.05) is 57.8 Å². The number of anilines is 1. The summed E-state index contributed by atoms with van der Waals surface area (Å²) in [7, 11) is 1.68. The zero-order valence-corrected chi connectivity index (χ0v) is 32.0. The van der Waals surface area contributed by atoms with E-state index >= 15 is 0 Å². The van der Waals surface area contributed by atoms with Crippen molar-refractivity contribution >= 4 is 34.7 Å². The Bertz CT molecular complexity index is 1920. The van der Waals surface area contributed by atoms with Gasteiger partial charge >= 0.3 is 0 Å². The van der Waals surface area contributed by atoms with Crippen molar-refractivity contribution in [1.29, 1.82) is 0 Å². The Labute approximate surface area is 314 Å². The van der Waals surface area contributed by atoms with Crippen molar-refractivity contribution in [3.8, 4) is 17.0 Å². The minimum Gasteiger partial charge on any atom is -0.475 e. The summed E-state index contributed by atoms with van der Waals surface area (Å²) >= 11 is 0. The molecular weight excluding hydrogens is 661 g/mol. The van der Waals surface area contributed by atoms with E-state index in [1.54, 1.807) is 7.05 Å². The van der Waals surface area contributed by atoms with Crippen LogP contribution in [-0.4, -0.2) is 96.8 Å². The highest BCUT2D eigenvalue weighted by molar-refractivity contribution is 6.01. The predicted molar refractivity (Wildman–Crippen MR) is 216 cm³/mol. The third-order valence-electron chi connectivity index (χ3n) is 11.6. The van der Waals surface area contributed by atoms with Crippen LogP contribution in [0.3, 0.4) is 0 Å². The summed E-state index contributed by atoms with van der Waals surface area (Å²) in [5.74, 6) is 2.09. The summed E-state index contributed by atoms with van der Waals surface area (Å²) in [5, 5.41) is 1.24. The smallest absolute Gasteiger partial charge is 0.236 e. The van der Waals surface area contributed by atoms with Crippen LogP contribution in [0.1, 0.15) is 69.7 Å². The second-order valence-electron chi connectivity index (χ2n) is 15.7. The van der Waals surface area contributed by atoms with Crippen LogP contribution in [0.5, 0.6) is 5.88 Å². The van der Waals surface area contributed by atoms with Gasteiger partial charge in [0, 0.05) is 96.4 Å². The average molecular weight is 717 g/mol.